The van der Waals surface area contributed by atoms with Crippen molar-refractivity contribution in [1.82, 2.24) is 25.1 Å². The molecule has 0 bridgehead atoms. The largest absolute Gasteiger partial charge is 0.344 e. The normalized spacial score (nSPS) is 16.8. The van der Waals surface area contributed by atoms with Gasteiger partial charge in [0.25, 0.3) is 0 Å². The van der Waals surface area contributed by atoms with E-state index in [1.54, 1.807) is 11.3 Å². The van der Waals surface area contributed by atoms with Gasteiger partial charge in [-0.15, -0.1) is 21.5 Å². The van der Waals surface area contributed by atoms with Crippen LogP contribution in [-0.2, 0) is 4.79 Å². The standard InChI is InChI=1S/C16H19N7OS2/c1-10(12-3-4-13-14(19-12)17-9-25-13)22-5-7-23(8-6-22)16-21-20-15(26-16)18-11(2)24/h3-4,9-10H,5-8H2,1-2H3,(H,18,20,24). The minimum Gasteiger partial charge on any atom is -0.344 e. The first-order chi connectivity index (χ1) is 12.6. The second-order valence-corrected chi connectivity index (χ2v) is 8.02. The van der Waals surface area contributed by atoms with Crippen LogP contribution in [0.5, 0.6) is 0 Å². The van der Waals surface area contributed by atoms with Crippen LogP contribution in [0.4, 0.5) is 10.3 Å². The van der Waals surface area contributed by atoms with Gasteiger partial charge in [-0.25, -0.2) is 9.97 Å². The van der Waals surface area contributed by atoms with Crippen molar-refractivity contribution in [2.45, 2.75) is 19.9 Å². The predicted octanol–water partition coefficient (Wildman–Crippen LogP) is 2.38. The number of aromatic nitrogens is 4. The third kappa shape index (κ3) is 3.53. The highest BCUT2D eigenvalue weighted by Gasteiger charge is 2.25. The van der Waals surface area contributed by atoms with Gasteiger partial charge in [0.15, 0.2) is 5.65 Å². The smallest absolute Gasteiger partial charge is 0.223 e. The Morgan fingerprint density at radius 2 is 2.04 bits per heavy atom. The monoisotopic (exact) mass is 389 g/mol. The van der Waals surface area contributed by atoms with Crippen molar-refractivity contribution in [3.8, 4) is 0 Å². The Morgan fingerprint density at radius 3 is 2.81 bits per heavy atom. The van der Waals surface area contributed by atoms with Gasteiger partial charge in [0.05, 0.1) is 15.9 Å². The molecule has 3 aromatic rings. The van der Waals surface area contributed by atoms with E-state index in [1.165, 1.54) is 18.3 Å². The number of piperazine rings is 1. The summed E-state index contributed by atoms with van der Waals surface area (Å²) in [7, 11) is 0. The maximum Gasteiger partial charge on any atom is 0.223 e. The summed E-state index contributed by atoms with van der Waals surface area (Å²) in [5.74, 6) is -0.129. The first-order valence-corrected chi connectivity index (χ1v) is 10.1. The number of anilines is 2. The van der Waals surface area contributed by atoms with Gasteiger partial charge in [-0.05, 0) is 19.1 Å². The number of carbonyl (C=O) groups excluding carboxylic acids is 1. The fraction of sp³-hybridized carbons (Fsp3) is 0.438. The topological polar surface area (TPSA) is 87.1 Å². The number of pyridine rings is 1. The van der Waals surface area contributed by atoms with E-state index in [0.29, 0.717) is 5.13 Å². The molecule has 0 aromatic carbocycles. The number of hydrogen-bond donors (Lipinski definition) is 1. The zero-order valence-electron chi connectivity index (χ0n) is 14.5. The van der Waals surface area contributed by atoms with E-state index in [0.717, 1.165) is 47.4 Å². The fourth-order valence-corrected chi connectivity index (χ4v) is 4.49. The lowest BCUT2D eigenvalue weighted by atomic mass is 10.1. The van der Waals surface area contributed by atoms with Crippen LogP contribution in [0.25, 0.3) is 10.3 Å². The van der Waals surface area contributed by atoms with Crippen LogP contribution >= 0.6 is 22.7 Å². The van der Waals surface area contributed by atoms with Crippen LogP contribution in [0.3, 0.4) is 0 Å². The van der Waals surface area contributed by atoms with Gasteiger partial charge < -0.3 is 10.2 Å². The van der Waals surface area contributed by atoms with E-state index < -0.39 is 0 Å². The summed E-state index contributed by atoms with van der Waals surface area (Å²) >= 11 is 3.02. The van der Waals surface area contributed by atoms with Crippen molar-refractivity contribution >= 4 is 49.2 Å². The molecule has 4 rings (SSSR count). The third-order valence-corrected chi connectivity index (χ3v) is 6.16. The highest BCUT2D eigenvalue weighted by molar-refractivity contribution is 7.19. The van der Waals surface area contributed by atoms with Gasteiger partial charge in [0, 0.05) is 39.1 Å². The molecule has 1 aliphatic rings. The van der Waals surface area contributed by atoms with E-state index in [1.807, 2.05) is 5.51 Å². The molecule has 3 aromatic heterocycles. The molecule has 26 heavy (non-hydrogen) atoms. The Morgan fingerprint density at radius 1 is 1.23 bits per heavy atom. The fourth-order valence-electron chi connectivity index (χ4n) is 3.03. The molecule has 8 nitrogen and oxygen atoms in total. The molecule has 0 saturated carbocycles. The molecule has 1 aliphatic heterocycles. The second-order valence-electron chi connectivity index (χ2n) is 6.18. The second kappa shape index (κ2) is 7.22. The first-order valence-electron chi connectivity index (χ1n) is 8.40. The lowest BCUT2D eigenvalue weighted by Gasteiger charge is -2.37. The third-order valence-electron chi connectivity index (χ3n) is 4.47. The predicted molar refractivity (Wildman–Crippen MR) is 104 cm³/mol. The highest BCUT2D eigenvalue weighted by atomic mass is 32.1. The molecule has 0 spiro atoms. The summed E-state index contributed by atoms with van der Waals surface area (Å²) in [5, 5.41) is 12.3. The van der Waals surface area contributed by atoms with Gasteiger partial charge in [0.1, 0.15) is 0 Å². The Labute approximate surface area is 158 Å². The van der Waals surface area contributed by atoms with Crippen molar-refractivity contribution < 1.29 is 4.79 Å². The number of thiazole rings is 1. The van der Waals surface area contributed by atoms with Crippen LogP contribution in [0.1, 0.15) is 25.6 Å². The SMILES string of the molecule is CC(=O)Nc1nnc(N2CCN(C(C)c3ccc4scnc4n3)CC2)s1. The van der Waals surface area contributed by atoms with Crippen molar-refractivity contribution in [2.75, 3.05) is 36.4 Å². The zero-order valence-corrected chi connectivity index (χ0v) is 16.2. The lowest BCUT2D eigenvalue weighted by Crippen LogP contribution is -2.47. The van der Waals surface area contributed by atoms with E-state index in [2.05, 4.69) is 49.4 Å². The van der Waals surface area contributed by atoms with Crippen LogP contribution in [0.2, 0.25) is 0 Å². The highest BCUT2D eigenvalue weighted by Crippen LogP contribution is 2.28. The molecule has 1 amide bonds. The molecule has 4 heterocycles. The average Bonchev–Trinajstić information content (AvgIpc) is 3.29. The molecular formula is C16H19N7OS2. The summed E-state index contributed by atoms with van der Waals surface area (Å²) in [5.41, 5.74) is 3.72. The first kappa shape index (κ1) is 17.3. The number of carbonyl (C=O) groups is 1. The van der Waals surface area contributed by atoms with Crippen molar-refractivity contribution in [2.24, 2.45) is 0 Å². The Bertz CT molecular complexity index is 916. The van der Waals surface area contributed by atoms with Gasteiger partial charge >= 0.3 is 0 Å². The minimum absolute atomic E-state index is 0.129. The quantitative estimate of drug-likeness (QED) is 0.733. The summed E-state index contributed by atoms with van der Waals surface area (Å²) < 4.78 is 1.12. The van der Waals surface area contributed by atoms with E-state index in [9.17, 15) is 4.79 Å². The molecule has 10 heteroatoms. The molecule has 1 atom stereocenters. The van der Waals surface area contributed by atoms with Crippen LogP contribution in [-0.4, -0.2) is 57.2 Å². The molecular weight excluding hydrogens is 370 g/mol. The van der Waals surface area contributed by atoms with E-state index in [-0.39, 0.29) is 11.9 Å². The Kier molecular flexibility index (Phi) is 4.79. The van der Waals surface area contributed by atoms with Gasteiger partial charge in [-0.3, -0.25) is 9.69 Å². The Balaban J connectivity index is 1.39. The molecule has 1 unspecified atom stereocenters. The van der Waals surface area contributed by atoms with E-state index >= 15 is 0 Å². The van der Waals surface area contributed by atoms with Crippen LogP contribution in [0, 0.1) is 0 Å². The number of nitrogens with one attached hydrogen (secondary N) is 1. The van der Waals surface area contributed by atoms with Crippen molar-refractivity contribution in [3.05, 3.63) is 23.3 Å². The lowest BCUT2D eigenvalue weighted by molar-refractivity contribution is -0.114. The average molecular weight is 390 g/mol. The maximum absolute atomic E-state index is 11.1. The minimum atomic E-state index is -0.129. The summed E-state index contributed by atoms with van der Waals surface area (Å²) in [6, 6.07) is 4.45. The van der Waals surface area contributed by atoms with Crippen LogP contribution in [0.15, 0.2) is 17.6 Å². The molecule has 1 saturated heterocycles. The van der Waals surface area contributed by atoms with E-state index in [4.69, 9.17) is 4.98 Å². The molecule has 0 radical (unpaired) electrons. The number of hydrogen-bond acceptors (Lipinski definition) is 9. The summed E-state index contributed by atoms with van der Waals surface area (Å²) in [4.78, 5) is 24.8. The molecule has 136 valence electrons. The number of rotatable bonds is 4. The number of fused-ring (bicyclic) bond motifs is 1. The summed E-state index contributed by atoms with van der Waals surface area (Å²) in [6.07, 6.45) is 0. The molecule has 1 fully saturated rings. The zero-order chi connectivity index (χ0) is 18.1. The Hall–Kier alpha value is -2.17. The molecule has 0 aliphatic carbocycles. The molecule has 1 N–H and O–H groups in total. The van der Waals surface area contributed by atoms with Gasteiger partial charge in [0.2, 0.25) is 16.2 Å². The van der Waals surface area contributed by atoms with Gasteiger partial charge in [-0.2, -0.15) is 0 Å². The number of nitrogens with zero attached hydrogens (tertiary/aromatic N) is 6. The summed E-state index contributed by atoms with van der Waals surface area (Å²) in [6.45, 7) is 7.25. The van der Waals surface area contributed by atoms with Crippen molar-refractivity contribution in [1.29, 1.82) is 0 Å². The van der Waals surface area contributed by atoms with Gasteiger partial charge in [-0.1, -0.05) is 11.3 Å². The maximum atomic E-state index is 11.1. The number of amides is 1. The van der Waals surface area contributed by atoms with Crippen molar-refractivity contribution in [3.63, 3.8) is 0 Å². The van der Waals surface area contributed by atoms with Crippen LogP contribution < -0.4 is 10.2 Å².